The number of anilines is 2. The van der Waals surface area contributed by atoms with Gasteiger partial charge in [0, 0.05) is 81.3 Å². The van der Waals surface area contributed by atoms with Crippen molar-refractivity contribution in [3.8, 4) is 11.5 Å². The number of sulfonamides is 2. The lowest BCUT2D eigenvalue weighted by Gasteiger charge is -2.35. The van der Waals surface area contributed by atoms with Crippen LogP contribution < -0.4 is 19.3 Å². The fourth-order valence-electron chi connectivity index (χ4n) is 6.98. The molecule has 0 atom stereocenters. The van der Waals surface area contributed by atoms with Crippen molar-refractivity contribution in [1.82, 2.24) is 8.61 Å². The number of fused-ring (bicyclic) bond motifs is 2. The molecule has 20 heteroatoms. The molecule has 0 saturated carbocycles. The molecule has 4 aromatic carbocycles. The highest BCUT2D eigenvalue weighted by Crippen LogP contribution is 2.38. The van der Waals surface area contributed by atoms with Crippen molar-refractivity contribution >= 4 is 88.5 Å². The van der Waals surface area contributed by atoms with Crippen LogP contribution in [0.4, 0.5) is 11.4 Å². The van der Waals surface area contributed by atoms with Crippen LogP contribution in [-0.4, -0.2) is 114 Å². The third-order valence-corrected chi connectivity index (χ3v) is 14.8. The molecule has 60 heavy (non-hydrogen) atoms. The number of benzene rings is 4. The first-order chi connectivity index (χ1) is 28.6. The van der Waals surface area contributed by atoms with Crippen LogP contribution in [0, 0.1) is 0 Å². The van der Waals surface area contributed by atoms with E-state index in [0.29, 0.717) is 107 Å². The summed E-state index contributed by atoms with van der Waals surface area (Å²) < 4.78 is 75.4. The van der Waals surface area contributed by atoms with Crippen LogP contribution in [0.15, 0.2) is 104 Å². The number of furan rings is 2. The van der Waals surface area contributed by atoms with Crippen LogP contribution in [-0.2, 0) is 20.0 Å². The van der Waals surface area contributed by atoms with E-state index >= 15 is 0 Å². The quantitative estimate of drug-likeness (QED) is 0.149. The molecule has 2 aromatic heterocycles. The molecule has 316 valence electrons. The second-order valence-corrected chi connectivity index (χ2v) is 18.2. The third-order valence-electron chi connectivity index (χ3n) is 10.2. The summed E-state index contributed by atoms with van der Waals surface area (Å²) in [6.07, 6.45) is 0. The number of rotatable bonds is 10. The Labute approximate surface area is 354 Å². The maximum Gasteiger partial charge on any atom is 0.371 e. The van der Waals surface area contributed by atoms with E-state index in [4.69, 9.17) is 51.7 Å². The molecule has 0 aliphatic carbocycles. The van der Waals surface area contributed by atoms with Gasteiger partial charge in [-0.3, -0.25) is 0 Å². The Bertz CT molecular complexity index is 2800. The molecule has 16 nitrogen and oxygen atoms in total. The molecule has 4 heterocycles. The lowest BCUT2D eigenvalue weighted by atomic mass is 10.2. The van der Waals surface area contributed by atoms with Crippen molar-refractivity contribution in [2.45, 2.75) is 9.79 Å². The van der Waals surface area contributed by atoms with Gasteiger partial charge in [-0.25, -0.2) is 26.4 Å². The number of piperazine rings is 2. The smallest absolute Gasteiger partial charge is 0.371 e. The Balaban J connectivity index is 0.000000181. The molecule has 0 bridgehead atoms. The predicted octanol–water partition coefficient (Wildman–Crippen LogP) is 6.61. The monoisotopic (exact) mass is 900 g/mol. The molecule has 2 saturated heterocycles. The van der Waals surface area contributed by atoms with Gasteiger partial charge in [-0.1, -0.05) is 29.3 Å². The van der Waals surface area contributed by atoms with Crippen LogP contribution in [0.2, 0.25) is 10.0 Å². The molecule has 2 N–H and O–H groups in total. The summed E-state index contributed by atoms with van der Waals surface area (Å²) in [5.41, 5.74) is 2.20. The summed E-state index contributed by atoms with van der Waals surface area (Å²) >= 11 is 13.0. The van der Waals surface area contributed by atoms with Crippen LogP contribution in [0.1, 0.15) is 21.1 Å². The van der Waals surface area contributed by atoms with Gasteiger partial charge in [0.15, 0.2) is 0 Å². The lowest BCUT2D eigenvalue weighted by molar-refractivity contribution is 0.0655. The molecule has 0 amide bonds. The van der Waals surface area contributed by atoms with E-state index in [1.54, 1.807) is 54.6 Å². The van der Waals surface area contributed by atoms with Gasteiger partial charge < -0.3 is 38.3 Å². The van der Waals surface area contributed by atoms with Gasteiger partial charge in [-0.2, -0.15) is 8.61 Å². The summed E-state index contributed by atoms with van der Waals surface area (Å²) in [6, 6.07) is 22.3. The Morgan fingerprint density at radius 1 is 0.567 bits per heavy atom. The highest BCUT2D eigenvalue weighted by atomic mass is 35.5. The maximum absolute atomic E-state index is 13.0. The van der Waals surface area contributed by atoms with E-state index in [9.17, 15) is 26.4 Å². The molecule has 0 spiro atoms. The fraction of sp³-hybridized carbons (Fsp3) is 0.250. The van der Waals surface area contributed by atoms with E-state index in [2.05, 4.69) is 0 Å². The van der Waals surface area contributed by atoms with Crippen molar-refractivity contribution in [2.24, 2.45) is 0 Å². The van der Waals surface area contributed by atoms with Crippen LogP contribution in [0.25, 0.3) is 21.9 Å². The number of carboxylic acid groups (broad SMARTS) is 2. The third kappa shape index (κ3) is 8.43. The summed E-state index contributed by atoms with van der Waals surface area (Å²) in [4.78, 5) is 26.6. The van der Waals surface area contributed by atoms with Crippen LogP contribution in [0.5, 0.6) is 11.5 Å². The molecular weight excluding hydrogens is 863 g/mol. The molecule has 2 aliphatic rings. The van der Waals surface area contributed by atoms with Crippen LogP contribution in [0.3, 0.4) is 0 Å². The Morgan fingerprint density at radius 2 is 1.00 bits per heavy atom. The first kappa shape index (κ1) is 42.6. The summed E-state index contributed by atoms with van der Waals surface area (Å²) in [5, 5.41) is 20.0. The first-order valence-electron chi connectivity index (χ1n) is 18.3. The predicted molar refractivity (Wildman–Crippen MR) is 224 cm³/mol. The van der Waals surface area contributed by atoms with Crippen molar-refractivity contribution < 1.29 is 54.9 Å². The van der Waals surface area contributed by atoms with E-state index in [1.165, 1.54) is 53.2 Å². The molecule has 6 aromatic rings. The highest BCUT2D eigenvalue weighted by Gasteiger charge is 2.31. The number of carboxylic acids is 2. The molecule has 0 unspecified atom stereocenters. The zero-order valence-electron chi connectivity index (χ0n) is 32.1. The molecule has 0 radical (unpaired) electrons. The van der Waals surface area contributed by atoms with E-state index < -0.39 is 32.0 Å². The molecular formula is C40H38Cl2N4O12S2. The zero-order chi connectivity index (χ0) is 42.9. The minimum absolute atomic E-state index is 0.181. The number of nitrogens with zero attached hydrogens (tertiary/aromatic N) is 4. The van der Waals surface area contributed by atoms with Crippen LogP contribution >= 0.6 is 23.2 Å². The summed E-state index contributed by atoms with van der Waals surface area (Å²) in [7, 11) is -4.23. The van der Waals surface area contributed by atoms with Gasteiger partial charge in [0.1, 0.15) is 22.7 Å². The lowest BCUT2D eigenvalue weighted by Crippen LogP contribution is -2.48. The van der Waals surface area contributed by atoms with Gasteiger partial charge in [-0.05, 0) is 60.7 Å². The fourth-order valence-corrected chi connectivity index (χ4v) is 10.5. The number of hydrogen-bond acceptors (Lipinski definition) is 12. The van der Waals surface area contributed by atoms with Gasteiger partial charge >= 0.3 is 11.9 Å². The number of methoxy groups -OCH3 is 2. The molecule has 2 aliphatic heterocycles. The zero-order valence-corrected chi connectivity index (χ0v) is 35.2. The normalized spacial score (nSPS) is 15.5. The number of ether oxygens (including phenoxy) is 2. The standard InChI is InChI=1S/2C20H19ClN2O6S/c1-28-13-2-4-14(5-3-13)30(26,27)23-10-8-22(9-11-23)16-6-7-17-15(19(16)21)12-18(29-17)20(24)25;1-28-13-3-2-4-14(11-13)30(26,27)23-9-7-22(8-10-23)16-5-6-17-15(19(16)21)12-18(29-17)20(24)25/h2-7,12H,8-11H2,1H3,(H,24,25);2-6,11-12H,7-10H2,1H3,(H,24,25). The summed E-state index contributed by atoms with van der Waals surface area (Å²) in [6.45, 7) is 2.97. The largest absolute Gasteiger partial charge is 0.497 e. The minimum atomic E-state index is -3.64. The van der Waals surface area contributed by atoms with Gasteiger partial charge in [-0.15, -0.1) is 0 Å². The van der Waals surface area contributed by atoms with Crippen molar-refractivity contribution in [2.75, 3.05) is 76.4 Å². The minimum Gasteiger partial charge on any atom is -0.497 e. The first-order valence-corrected chi connectivity index (χ1v) is 21.9. The second kappa shape index (κ2) is 17.2. The Morgan fingerprint density at radius 3 is 1.42 bits per heavy atom. The SMILES string of the molecule is COc1ccc(S(=O)(=O)N2CCN(c3ccc4oc(C(=O)O)cc4c3Cl)CC2)cc1.COc1cccc(S(=O)(=O)N2CCN(c3ccc4oc(C(=O)O)cc4c3Cl)CC2)c1. The second-order valence-electron chi connectivity index (χ2n) is 13.6. The average molecular weight is 902 g/mol. The highest BCUT2D eigenvalue weighted by molar-refractivity contribution is 7.89. The molecule has 8 rings (SSSR count). The number of carbonyl (C=O) groups is 2. The Hall–Kier alpha value is -5.50. The van der Waals surface area contributed by atoms with Gasteiger partial charge in [0.2, 0.25) is 31.6 Å². The maximum atomic E-state index is 13.0. The van der Waals surface area contributed by atoms with E-state index in [1.807, 2.05) is 9.80 Å². The number of halogens is 2. The van der Waals surface area contributed by atoms with Crippen molar-refractivity contribution in [3.05, 3.63) is 106 Å². The average Bonchev–Trinajstić information content (AvgIpc) is 3.91. The number of aromatic carboxylic acids is 2. The van der Waals surface area contributed by atoms with E-state index in [0.717, 1.165) is 0 Å². The topological polar surface area (TPSA) is 201 Å². The van der Waals surface area contributed by atoms with E-state index in [-0.39, 0.29) is 21.3 Å². The van der Waals surface area contributed by atoms with Gasteiger partial charge in [0.05, 0.1) is 45.4 Å². The number of hydrogen-bond donors (Lipinski definition) is 2. The molecule has 2 fully saturated rings. The van der Waals surface area contributed by atoms with Crippen molar-refractivity contribution in [1.29, 1.82) is 0 Å². The summed E-state index contributed by atoms with van der Waals surface area (Å²) in [5.74, 6) is -1.62. The Kier molecular flexibility index (Phi) is 12.2. The van der Waals surface area contributed by atoms with Crippen molar-refractivity contribution in [3.63, 3.8) is 0 Å². The van der Waals surface area contributed by atoms with Gasteiger partial charge in [0.25, 0.3) is 0 Å².